The van der Waals surface area contributed by atoms with Crippen LogP contribution in [0.15, 0.2) is 0 Å². The Morgan fingerprint density at radius 1 is 0.810 bits per heavy atom. The molecule has 0 aromatic heterocycles. The Hall–Kier alpha value is -0.0400. The van der Waals surface area contributed by atoms with Crippen LogP contribution in [0.5, 0.6) is 0 Å². The summed E-state index contributed by atoms with van der Waals surface area (Å²) in [7, 11) is 0. The van der Waals surface area contributed by atoms with Crippen LogP contribution in [0.4, 0.5) is 0 Å². The van der Waals surface area contributed by atoms with Gasteiger partial charge in [-0.3, -0.25) is 0 Å². The Kier molecular flexibility index (Phi) is 11.3. The third-order valence-electron chi connectivity index (χ3n) is 5.12. The van der Waals surface area contributed by atoms with E-state index >= 15 is 0 Å². The maximum Gasteiger partial charge on any atom is 0.00683 e. The molecule has 0 aromatic carbocycles. The number of hydrogen-bond acceptors (Lipinski definition) is 1. The lowest BCUT2D eigenvalue weighted by Crippen LogP contribution is -2.27. The predicted molar refractivity (Wildman–Crippen MR) is 95.8 cm³/mol. The second-order valence-electron chi connectivity index (χ2n) is 7.66. The normalized spacial score (nSPS) is 16.6. The first-order chi connectivity index (χ1) is 10.2. The molecule has 126 valence electrons. The lowest BCUT2D eigenvalue weighted by molar-refractivity contribution is 0.327. The molecule has 1 saturated carbocycles. The molecule has 0 spiro atoms. The molecular weight excluding hydrogens is 254 g/mol. The van der Waals surface area contributed by atoms with Gasteiger partial charge in [-0.2, -0.15) is 0 Å². The van der Waals surface area contributed by atoms with Crippen LogP contribution < -0.4 is 5.32 Å². The van der Waals surface area contributed by atoms with E-state index < -0.39 is 0 Å². The van der Waals surface area contributed by atoms with Crippen LogP contribution in [0.1, 0.15) is 104 Å². The zero-order chi connectivity index (χ0) is 15.3. The van der Waals surface area contributed by atoms with Gasteiger partial charge in [-0.15, -0.1) is 0 Å². The summed E-state index contributed by atoms with van der Waals surface area (Å²) in [6, 6.07) is 0.874. The van der Waals surface area contributed by atoms with Crippen LogP contribution in [0.25, 0.3) is 0 Å². The van der Waals surface area contributed by atoms with Crippen molar-refractivity contribution < 1.29 is 0 Å². The SMILES string of the molecule is CCCCCCCCCCCCC(CNC1CC1)C(C)C. The fourth-order valence-electron chi connectivity index (χ4n) is 3.17. The summed E-state index contributed by atoms with van der Waals surface area (Å²) >= 11 is 0. The summed E-state index contributed by atoms with van der Waals surface area (Å²) in [5.41, 5.74) is 0. The molecule has 21 heavy (non-hydrogen) atoms. The van der Waals surface area contributed by atoms with Crippen molar-refractivity contribution in [2.75, 3.05) is 6.54 Å². The number of unbranched alkanes of at least 4 members (excludes halogenated alkanes) is 9. The molecule has 0 amide bonds. The maximum absolute atomic E-state index is 3.72. The van der Waals surface area contributed by atoms with Crippen LogP contribution in [0.3, 0.4) is 0 Å². The average molecular weight is 296 g/mol. The minimum atomic E-state index is 0.842. The Labute approximate surface area is 134 Å². The Morgan fingerprint density at radius 3 is 1.81 bits per heavy atom. The van der Waals surface area contributed by atoms with E-state index in [9.17, 15) is 0 Å². The van der Waals surface area contributed by atoms with Crippen molar-refractivity contribution in [2.45, 2.75) is 110 Å². The van der Waals surface area contributed by atoms with Crippen molar-refractivity contribution in [3.05, 3.63) is 0 Å². The summed E-state index contributed by atoms with van der Waals surface area (Å²) in [4.78, 5) is 0. The third-order valence-corrected chi connectivity index (χ3v) is 5.12. The largest absolute Gasteiger partial charge is 0.314 e. The van der Waals surface area contributed by atoms with E-state index in [1.165, 1.54) is 90.0 Å². The van der Waals surface area contributed by atoms with Gasteiger partial charge in [-0.1, -0.05) is 85.0 Å². The van der Waals surface area contributed by atoms with Crippen molar-refractivity contribution in [3.8, 4) is 0 Å². The smallest absolute Gasteiger partial charge is 0.00683 e. The molecule has 0 radical (unpaired) electrons. The monoisotopic (exact) mass is 295 g/mol. The average Bonchev–Trinajstić information content (AvgIpc) is 3.28. The molecule has 1 nitrogen and oxygen atoms in total. The van der Waals surface area contributed by atoms with Gasteiger partial charge in [0.15, 0.2) is 0 Å². The molecule has 1 aliphatic rings. The number of hydrogen-bond donors (Lipinski definition) is 1. The van der Waals surface area contributed by atoms with Gasteiger partial charge >= 0.3 is 0 Å². The van der Waals surface area contributed by atoms with Crippen LogP contribution in [0.2, 0.25) is 0 Å². The highest BCUT2D eigenvalue weighted by Crippen LogP contribution is 2.23. The van der Waals surface area contributed by atoms with Gasteiger partial charge in [-0.05, 0) is 37.6 Å². The number of nitrogens with one attached hydrogen (secondary N) is 1. The summed E-state index contributed by atoms with van der Waals surface area (Å²) in [6.07, 6.45) is 18.8. The van der Waals surface area contributed by atoms with E-state index in [1.54, 1.807) is 0 Å². The maximum atomic E-state index is 3.72. The minimum Gasteiger partial charge on any atom is -0.314 e. The molecule has 1 unspecified atom stereocenters. The molecule has 1 rings (SSSR count). The topological polar surface area (TPSA) is 12.0 Å². The first kappa shape index (κ1) is 19.0. The van der Waals surface area contributed by atoms with Gasteiger partial charge in [0, 0.05) is 6.04 Å². The molecule has 1 atom stereocenters. The first-order valence-corrected chi connectivity index (χ1v) is 9.97. The summed E-state index contributed by atoms with van der Waals surface area (Å²) in [5.74, 6) is 1.74. The van der Waals surface area contributed by atoms with Crippen LogP contribution in [-0.4, -0.2) is 12.6 Å². The van der Waals surface area contributed by atoms with Gasteiger partial charge in [-0.25, -0.2) is 0 Å². The van der Waals surface area contributed by atoms with E-state index in [4.69, 9.17) is 0 Å². The second-order valence-corrected chi connectivity index (χ2v) is 7.66. The van der Waals surface area contributed by atoms with E-state index in [-0.39, 0.29) is 0 Å². The fraction of sp³-hybridized carbons (Fsp3) is 1.00. The van der Waals surface area contributed by atoms with Gasteiger partial charge < -0.3 is 5.32 Å². The van der Waals surface area contributed by atoms with Gasteiger partial charge in [0.1, 0.15) is 0 Å². The Morgan fingerprint density at radius 2 is 1.33 bits per heavy atom. The summed E-state index contributed by atoms with van der Waals surface area (Å²) < 4.78 is 0. The highest BCUT2D eigenvalue weighted by atomic mass is 14.9. The van der Waals surface area contributed by atoms with Crippen LogP contribution in [-0.2, 0) is 0 Å². The molecule has 1 N–H and O–H groups in total. The summed E-state index contributed by atoms with van der Waals surface area (Å²) in [6.45, 7) is 8.36. The molecular formula is C20H41N. The van der Waals surface area contributed by atoms with Crippen molar-refractivity contribution >= 4 is 0 Å². The van der Waals surface area contributed by atoms with Gasteiger partial charge in [0.2, 0.25) is 0 Å². The van der Waals surface area contributed by atoms with Gasteiger partial charge in [0.25, 0.3) is 0 Å². The van der Waals surface area contributed by atoms with Gasteiger partial charge in [0.05, 0.1) is 0 Å². The molecule has 0 heterocycles. The predicted octanol–water partition coefficient (Wildman–Crippen LogP) is 6.32. The number of rotatable bonds is 15. The van der Waals surface area contributed by atoms with E-state index in [0.717, 1.165) is 17.9 Å². The quantitative estimate of drug-likeness (QED) is 0.348. The molecule has 0 aliphatic heterocycles. The van der Waals surface area contributed by atoms with Crippen molar-refractivity contribution in [2.24, 2.45) is 11.8 Å². The van der Waals surface area contributed by atoms with Crippen molar-refractivity contribution in [1.29, 1.82) is 0 Å². The van der Waals surface area contributed by atoms with E-state index in [0.29, 0.717) is 0 Å². The second kappa shape index (κ2) is 12.5. The molecule has 1 aliphatic carbocycles. The third kappa shape index (κ3) is 11.2. The first-order valence-electron chi connectivity index (χ1n) is 9.97. The van der Waals surface area contributed by atoms with Crippen molar-refractivity contribution in [1.82, 2.24) is 5.32 Å². The Balaban J connectivity index is 1.86. The molecule has 0 bridgehead atoms. The highest BCUT2D eigenvalue weighted by Gasteiger charge is 2.22. The minimum absolute atomic E-state index is 0.842. The molecule has 1 heteroatoms. The Bertz CT molecular complexity index is 220. The zero-order valence-corrected chi connectivity index (χ0v) is 15.1. The lowest BCUT2D eigenvalue weighted by Gasteiger charge is -2.21. The molecule has 0 aromatic rings. The summed E-state index contributed by atoms with van der Waals surface area (Å²) in [5, 5.41) is 3.72. The standard InChI is InChI=1S/C20H41N/c1-4-5-6-7-8-9-10-11-12-13-14-19(18(2)3)17-21-20-15-16-20/h18-21H,4-17H2,1-3H3. The van der Waals surface area contributed by atoms with E-state index in [1.807, 2.05) is 0 Å². The molecule has 0 saturated heterocycles. The fourth-order valence-corrected chi connectivity index (χ4v) is 3.17. The van der Waals surface area contributed by atoms with Crippen molar-refractivity contribution in [3.63, 3.8) is 0 Å². The van der Waals surface area contributed by atoms with Crippen LogP contribution >= 0.6 is 0 Å². The molecule has 1 fully saturated rings. The van der Waals surface area contributed by atoms with E-state index in [2.05, 4.69) is 26.1 Å². The highest BCUT2D eigenvalue weighted by molar-refractivity contribution is 4.82. The lowest BCUT2D eigenvalue weighted by atomic mass is 9.90. The zero-order valence-electron chi connectivity index (χ0n) is 15.1. The van der Waals surface area contributed by atoms with Crippen LogP contribution in [0, 0.1) is 11.8 Å².